The molecule has 0 spiro atoms. The van der Waals surface area contributed by atoms with Crippen molar-refractivity contribution in [3.8, 4) is 0 Å². The molecule has 0 aliphatic carbocycles. The molecule has 0 saturated carbocycles. The van der Waals surface area contributed by atoms with E-state index in [1.807, 2.05) is 6.21 Å². The summed E-state index contributed by atoms with van der Waals surface area (Å²) in [5, 5.41) is 0. The Morgan fingerprint density at radius 2 is 2.22 bits per heavy atom. The molecule has 1 aromatic heterocycles. The molecular weight excluding hydrogens is 260 g/mol. The summed E-state index contributed by atoms with van der Waals surface area (Å²) in [6, 6.07) is 0. The normalized spacial score (nSPS) is 23.6. The summed E-state index contributed by atoms with van der Waals surface area (Å²) in [6.45, 7) is 7.55. The van der Waals surface area contributed by atoms with E-state index in [-0.39, 0.29) is 5.41 Å². The van der Waals surface area contributed by atoms with Gasteiger partial charge in [-0.05, 0) is 24.6 Å². The number of aromatic nitrogens is 1. The Bertz CT molecular complexity index is 549. The topological polar surface area (TPSA) is 17.3 Å². The van der Waals surface area contributed by atoms with Gasteiger partial charge in [0.05, 0.1) is 6.54 Å². The van der Waals surface area contributed by atoms with Crippen LogP contribution < -0.4 is 0 Å². The maximum absolute atomic E-state index is 5.46. The first-order valence-electron chi connectivity index (χ1n) is 6.32. The van der Waals surface area contributed by atoms with E-state index in [2.05, 4.69) is 49.5 Å². The summed E-state index contributed by atoms with van der Waals surface area (Å²) in [6.07, 6.45) is 7.45. The van der Waals surface area contributed by atoms with Crippen molar-refractivity contribution in [3.05, 3.63) is 26.7 Å². The first-order chi connectivity index (χ1) is 8.46. The highest BCUT2D eigenvalue weighted by Crippen LogP contribution is 2.38. The molecule has 4 heteroatoms. The maximum Gasteiger partial charge on any atom is 0.161 e. The zero-order valence-electron chi connectivity index (χ0n) is 11.4. The van der Waals surface area contributed by atoms with Crippen LogP contribution >= 0.6 is 23.6 Å². The average molecular weight is 280 g/mol. The number of hydrogen-bond donors (Lipinski definition) is 0. The smallest absolute Gasteiger partial charge is 0.161 e. The highest BCUT2D eigenvalue weighted by atomic mass is 32.1. The summed E-state index contributed by atoms with van der Waals surface area (Å²) < 4.78 is 3.14. The van der Waals surface area contributed by atoms with Gasteiger partial charge in [-0.25, -0.2) is 0 Å². The molecule has 0 saturated heterocycles. The van der Waals surface area contributed by atoms with Crippen LogP contribution in [-0.2, 0) is 12.5 Å². The number of hydrogen-bond acceptors (Lipinski definition) is 3. The zero-order chi connectivity index (χ0) is 13.3. The van der Waals surface area contributed by atoms with Crippen LogP contribution in [0.2, 0.25) is 0 Å². The third kappa shape index (κ3) is 2.36. The predicted octanol–water partition coefficient (Wildman–Crippen LogP) is 4.23. The standard InChI is InChI=1S/C14H20N2S2/c1-10(2)11-12(16(4)13(17)18-11)14(3)6-5-8-15-9-7-14/h5-6,9-10H,7-8H2,1-4H3. The van der Waals surface area contributed by atoms with Gasteiger partial charge in [0.1, 0.15) is 0 Å². The highest BCUT2D eigenvalue weighted by molar-refractivity contribution is 7.73. The maximum atomic E-state index is 5.46. The summed E-state index contributed by atoms with van der Waals surface area (Å²) in [7, 11) is 2.08. The quantitative estimate of drug-likeness (QED) is 0.585. The Labute approximate surface area is 118 Å². The molecule has 1 unspecified atom stereocenters. The van der Waals surface area contributed by atoms with Gasteiger partial charge < -0.3 is 4.57 Å². The molecule has 0 bridgehead atoms. The lowest BCUT2D eigenvalue weighted by Gasteiger charge is -2.27. The number of nitrogens with zero attached hydrogens (tertiary/aromatic N) is 2. The molecule has 2 nitrogen and oxygen atoms in total. The van der Waals surface area contributed by atoms with Crippen molar-refractivity contribution >= 4 is 29.8 Å². The highest BCUT2D eigenvalue weighted by Gasteiger charge is 2.31. The van der Waals surface area contributed by atoms with E-state index < -0.39 is 0 Å². The first-order valence-corrected chi connectivity index (χ1v) is 7.54. The van der Waals surface area contributed by atoms with Crippen LogP contribution in [0.3, 0.4) is 0 Å². The molecule has 0 radical (unpaired) electrons. The van der Waals surface area contributed by atoms with Gasteiger partial charge in [-0.15, -0.1) is 11.3 Å². The minimum absolute atomic E-state index is 0.0158. The molecule has 18 heavy (non-hydrogen) atoms. The Kier molecular flexibility index (Phi) is 3.87. The Hall–Kier alpha value is -0.740. The van der Waals surface area contributed by atoms with Gasteiger partial charge in [0, 0.05) is 29.2 Å². The average Bonchev–Trinajstić information content (AvgIpc) is 2.50. The minimum atomic E-state index is 0.0158. The molecular formula is C14H20N2S2. The number of rotatable bonds is 2. The lowest BCUT2D eigenvalue weighted by molar-refractivity contribution is 0.563. The van der Waals surface area contributed by atoms with E-state index in [1.165, 1.54) is 10.6 Å². The van der Waals surface area contributed by atoms with Gasteiger partial charge in [0.15, 0.2) is 3.95 Å². The number of allylic oxidation sites excluding steroid dienone is 1. The van der Waals surface area contributed by atoms with Gasteiger partial charge in [-0.2, -0.15) is 0 Å². The van der Waals surface area contributed by atoms with Gasteiger partial charge in [-0.3, -0.25) is 4.99 Å². The molecule has 1 aliphatic heterocycles. The molecule has 0 aromatic carbocycles. The summed E-state index contributed by atoms with van der Waals surface area (Å²) in [5.74, 6) is 0.512. The van der Waals surface area contributed by atoms with Crippen LogP contribution in [-0.4, -0.2) is 17.3 Å². The van der Waals surface area contributed by atoms with Crippen LogP contribution in [0, 0.1) is 3.95 Å². The van der Waals surface area contributed by atoms with Crippen molar-refractivity contribution in [2.75, 3.05) is 6.54 Å². The van der Waals surface area contributed by atoms with Crippen molar-refractivity contribution in [1.29, 1.82) is 0 Å². The fourth-order valence-electron chi connectivity index (χ4n) is 2.47. The zero-order valence-corrected chi connectivity index (χ0v) is 13.1. The van der Waals surface area contributed by atoms with Crippen LogP contribution in [0.4, 0.5) is 0 Å². The third-order valence-electron chi connectivity index (χ3n) is 3.45. The van der Waals surface area contributed by atoms with Crippen molar-refractivity contribution in [2.45, 2.75) is 38.5 Å². The fraction of sp³-hybridized carbons (Fsp3) is 0.571. The molecule has 2 rings (SSSR count). The van der Waals surface area contributed by atoms with Gasteiger partial charge >= 0.3 is 0 Å². The summed E-state index contributed by atoms with van der Waals surface area (Å²) in [5.41, 5.74) is 1.37. The Balaban J connectivity index is 2.62. The summed E-state index contributed by atoms with van der Waals surface area (Å²) >= 11 is 7.20. The van der Waals surface area contributed by atoms with Crippen molar-refractivity contribution < 1.29 is 0 Å². The van der Waals surface area contributed by atoms with E-state index in [9.17, 15) is 0 Å². The molecule has 1 aromatic rings. The lowest BCUT2D eigenvalue weighted by Crippen LogP contribution is -2.24. The minimum Gasteiger partial charge on any atom is -0.329 e. The molecule has 0 N–H and O–H groups in total. The predicted molar refractivity (Wildman–Crippen MR) is 82.7 cm³/mol. The van der Waals surface area contributed by atoms with Gasteiger partial charge in [0.25, 0.3) is 0 Å². The Morgan fingerprint density at radius 1 is 1.50 bits per heavy atom. The lowest BCUT2D eigenvalue weighted by atomic mass is 9.81. The van der Waals surface area contributed by atoms with Crippen molar-refractivity contribution in [1.82, 2.24) is 4.57 Å². The van der Waals surface area contributed by atoms with Crippen LogP contribution in [0.1, 0.15) is 43.7 Å². The molecule has 2 heterocycles. The van der Waals surface area contributed by atoms with E-state index in [0.717, 1.165) is 16.9 Å². The van der Waals surface area contributed by atoms with Crippen LogP contribution in [0.15, 0.2) is 17.1 Å². The second-order valence-electron chi connectivity index (χ2n) is 5.37. The monoisotopic (exact) mass is 280 g/mol. The van der Waals surface area contributed by atoms with E-state index in [1.54, 1.807) is 11.3 Å². The first kappa shape index (κ1) is 13.7. The fourth-order valence-corrected chi connectivity index (χ4v) is 3.95. The van der Waals surface area contributed by atoms with Crippen molar-refractivity contribution in [2.24, 2.45) is 12.0 Å². The summed E-state index contributed by atoms with van der Waals surface area (Å²) in [4.78, 5) is 5.77. The second kappa shape index (κ2) is 5.10. The van der Waals surface area contributed by atoms with Crippen LogP contribution in [0.25, 0.3) is 0 Å². The van der Waals surface area contributed by atoms with Gasteiger partial charge in [0.2, 0.25) is 0 Å². The Morgan fingerprint density at radius 3 is 2.89 bits per heavy atom. The van der Waals surface area contributed by atoms with Crippen molar-refractivity contribution in [3.63, 3.8) is 0 Å². The van der Waals surface area contributed by atoms with E-state index in [4.69, 9.17) is 12.2 Å². The third-order valence-corrected chi connectivity index (χ3v) is 5.30. The largest absolute Gasteiger partial charge is 0.329 e. The molecule has 0 fully saturated rings. The number of thiazole rings is 1. The van der Waals surface area contributed by atoms with Gasteiger partial charge in [-0.1, -0.05) is 32.9 Å². The van der Waals surface area contributed by atoms with Crippen LogP contribution in [0.5, 0.6) is 0 Å². The SMILES string of the molecule is CC(C)c1sc(=S)n(C)c1C1(C)C=CCN=CC1. The molecule has 98 valence electrons. The van der Waals surface area contributed by atoms with E-state index >= 15 is 0 Å². The second-order valence-corrected chi connectivity index (χ2v) is 7.04. The number of aliphatic imine (C=N–C) groups is 1. The van der Waals surface area contributed by atoms with E-state index in [0.29, 0.717) is 5.92 Å². The molecule has 1 aliphatic rings. The molecule has 0 amide bonds. The molecule has 1 atom stereocenters.